The van der Waals surface area contributed by atoms with Crippen molar-refractivity contribution >= 4 is 29.0 Å². The number of amides is 2. The van der Waals surface area contributed by atoms with Crippen molar-refractivity contribution in [3.05, 3.63) is 46.3 Å². The van der Waals surface area contributed by atoms with Crippen LogP contribution in [0.25, 0.3) is 0 Å². The molecule has 0 atom stereocenters. The number of hydrogen-bond acceptors (Lipinski definition) is 6. The van der Waals surface area contributed by atoms with E-state index >= 15 is 0 Å². The van der Waals surface area contributed by atoms with Crippen LogP contribution >= 0.6 is 11.3 Å². The van der Waals surface area contributed by atoms with Gasteiger partial charge in [0.05, 0.1) is 4.88 Å². The van der Waals surface area contributed by atoms with Crippen molar-refractivity contribution in [2.75, 3.05) is 44.7 Å². The molecule has 8 heteroatoms. The Bertz CT molecular complexity index is 755. The Morgan fingerprint density at radius 1 is 1.14 bits per heavy atom. The molecule has 3 heterocycles. The van der Waals surface area contributed by atoms with E-state index in [1.165, 1.54) is 11.3 Å². The van der Waals surface area contributed by atoms with E-state index in [1.807, 2.05) is 29.8 Å². The van der Waals surface area contributed by atoms with Crippen molar-refractivity contribution in [2.45, 2.75) is 19.4 Å². The average Bonchev–Trinajstić information content (AvgIpc) is 3.25. The predicted molar refractivity (Wildman–Crippen MR) is 112 cm³/mol. The molecule has 0 aliphatic carbocycles. The highest BCUT2D eigenvalue weighted by atomic mass is 32.1. The molecule has 1 aliphatic heterocycles. The molecule has 28 heavy (non-hydrogen) atoms. The summed E-state index contributed by atoms with van der Waals surface area (Å²) >= 11 is 1.41. The number of nitrogens with one attached hydrogen (secondary N) is 2. The molecule has 0 unspecified atom stereocenters. The van der Waals surface area contributed by atoms with Gasteiger partial charge in [0.15, 0.2) is 0 Å². The predicted octanol–water partition coefficient (Wildman–Crippen LogP) is 1.72. The Morgan fingerprint density at radius 2 is 1.96 bits per heavy atom. The number of nitrogens with zero attached hydrogens (tertiary/aromatic N) is 3. The Balaban J connectivity index is 1.32. The molecule has 0 saturated carbocycles. The summed E-state index contributed by atoms with van der Waals surface area (Å²) in [6.45, 7) is 5.04. The number of aromatic nitrogens is 1. The third kappa shape index (κ3) is 6.03. The fraction of sp³-hybridized carbons (Fsp3) is 0.450. The molecule has 1 aliphatic rings. The lowest BCUT2D eigenvalue weighted by atomic mass is 10.2. The van der Waals surface area contributed by atoms with Crippen LogP contribution in [0.5, 0.6) is 0 Å². The summed E-state index contributed by atoms with van der Waals surface area (Å²) in [5.74, 6) is 0.889. The first kappa shape index (κ1) is 20.3. The van der Waals surface area contributed by atoms with Crippen LogP contribution in [0.15, 0.2) is 35.8 Å². The summed E-state index contributed by atoms with van der Waals surface area (Å²) in [7, 11) is 2.13. The number of anilines is 1. The van der Waals surface area contributed by atoms with Crippen LogP contribution in [0.4, 0.5) is 5.82 Å². The van der Waals surface area contributed by atoms with Gasteiger partial charge in [0.1, 0.15) is 5.82 Å². The van der Waals surface area contributed by atoms with E-state index in [0.29, 0.717) is 30.8 Å². The third-order valence-electron chi connectivity index (χ3n) is 4.74. The Hall–Kier alpha value is -2.45. The van der Waals surface area contributed by atoms with E-state index in [0.717, 1.165) is 37.6 Å². The summed E-state index contributed by atoms with van der Waals surface area (Å²) < 4.78 is 0. The van der Waals surface area contributed by atoms with E-state index in [-0.39, 0.29) is 11.8 Å². The van der Waals surface area contributed by atoms with Gasteiger partial charge in [0.25, 0.3) is 5.91 Å². The molecule has 0 bridgehead atoms. The highest BCUT2D eigenvalue weighted by Crippen LogP contribution is 2.13. The van der Waals surface area contributed by atoms with Gasteiger partial charge in [0, 0.05) is 51.9 Å². The Kier molecular flexibility index (Phi) is 7.39. The second-order valence-electron chi connectivity index (χ2n) is 6.93. The van der Waals surface area contributed by atoms with E-state index in [2.05, 4.69) is 32.5 Å². The van der Waals surface area contributed by atoms with Crippen LogP contribution < -0.4 is 15.5 Å². The maximum absolute atomic E-state index is 12.0. The van der Waals surface area contributed by atoms with Gasteiger partial charge in [0.2, 0.25) is 5.91 Å². The monoisotopic (exact) mass is 401 g/mol. The molecule has 0 spiro atoms. The molecule has 7 nitrogen and oxygen atoms in total. The van der Waals surface area contributed by atoms with Crippen molar-refractivity contribution in [1.82, 2.24) is 20.5 Å². The molecule has 150 valence electrons. The lowest BCUT2D eigenvalue weighted by Gasteiger charge is -2.33. The molecular formula is C20H27N5O2S. The zero-order chi connectivity index (χ0) is 19.8. The number of pyridine rings is 1. The van der Waals surface area contributed by atoms with Crippen LogP contribution in [-0.2, 0) is 11.3 Å². The highest BCUT2D eigenvalue weighted by molar-refractivity contribution is 7.12. The Morgan fingerprint density at radius 3 is 2.64 bits per heavy atom. The van der Waals surface area contributed by atoms with Crippen LogP contribution in [0, 0.1) is 0 Å². The number of piperazine rings is 1. The quantitative estimate of drug-likeness (QED) is 0.659. The van der Waals surface area contributed by atoms with Gasteiger partial charge >= 0.3 is 0 Å². The van der Waals surface area contributed by atoms with Gasteiger partial charge in [-0.1, -0.05) is 12.1 Å². The second kappa shape index (κ2) is 10.2. The first-order valence-corrected chi connectivity index (χ1v) is 10.5. The van der Waals surface area contributed by atoms with Crippen molar-refractivity contribution < 1.29 is 9.59 Å². The lowest BCUT2D eigenvalue weighted by Crippen LogP contribution is -2.44. The van der Waals surface area contributed by atoms with Gasteiger partial charge in [-0.25, -0.2) is 4.98 Å². The summed E-state index contributed by atoms with van der Waals surface area (Å²) in [5, 5.41) is 7.61. The van der Waals surface area contributed by atoms with Crippen molar-refractivity contribution in [1.29, 1.82) is 0 Å². The number of rotatable bonds is 8. The van der Waals surface area contributed by atoms with E-state index in [9.17, 15) is 9.59 Å². The highest BCUT2D eigenvalue weighted by Gasteiger charge is 2.15. The van der Waals surface area contributed by atoms with Gasteiger partial charge in [-0.2, -0.15) is 0 Å². The van der Waals surface area contributed by atoms with E-state index in [1.54, 1.807) is 6.07 Å². The molecule has 0 radical (unpaired) electrons. The molecule has 3 rings (SSSR count). The van der Waals surface area contributed by atoms with Gasteiger partial charge in [-0.3, -0.25) is 9.59 Å². The smallest absolute Gasteiger partial charge is 0.261 e. The maximum Gasteiger partial charge on any atom is 0.261 e. The largest absolute Gasteiger partial charge is 0.354 e. The van der Waals surface area contributed by atoms with Crippen LogP contribution in [-0.4, -0.2) is 61.5 Å². The minimum absolute atomic E-state index is 0.0199. The number of likely N-dealkylation sites (N-methyl/N-ethyl adjacent to an activating group) is 1. The lowest BCUT2D eigenvalue weighted by molar-refractivity contribution is -0.121. The molecule has 1 fully saturated rings. The standard InChI is InChI=1S/C20H27N5O2S/c1-24-9-11-25(12-10-24)18-7-6-16(14-22-18)15-23-19(26)5-2-8-21-20(27)17-4-3-13-28-17/h3-4,6-7,13-14H,2,5,8-12,15H2,1H3,(H,21,27)(H,23,26). The maximum atomic E-state index is 12.0. The molecular weight excluding hydrogens is 374 g/mol. The first-order chi connectivity index (χ1) is 13.6. The summed E-state index contributed by atoms with van der Waals surface area (Å²) in [6.07, 6.45) is 2.83. The summed E-state index contributed by atoms with van der Waals surface area (Å²) in [5.41, 5.74) is 0.984. The van der Waals surface area contributed by atoms with Crippen LogP contribution in [0.2, 0.25) is 0 Å². The van der Waals surface area contributed by atoms with Crippen molar-refractivity contribution in [3.63, 3.8) is 0 Å². The fourth-order valence-corrected chi connectivity index (χ4v) is 3.62. The zero-order valence-corrected chi connectivity index (χ0v) is 17.0. The molecule has 1 saturated heterocycles. The molecule has 0 aromatic carbocycles. The summed E-state index contributed by atoms with van der Waals surface area (Å²) in [6, 6.07) is 7.67. The second-order valence-corrected chi connectivity index (χ2v) is 7.88. The minimum atomic E-state index is -0.0816. The van der Waals surface area contributed by atoms with Crippen LogP contribution in [0.1, 0.15) is 28.1 Å². The molecule has 2 amide bonds. The topological polar surface area (TPSA) is 77.6 Å². The zero-order valence-electron chi connectivity index (χ0n) is 16.2. The number of carbonyl (C=O) groups is 2. The Labute approximate surface area is 169 Å². The van der Waals surface area contributed by atoms with Gasteiger partial charge < -0.3 is 20.4 Å². The third-order valence-corrected chi connectivity index (χ3v) is 5.61. The van der Waals surface area contributed by atoms with E-state index in [4.69, 9.17) is 0 Å². The van der Waals surface area contributed by atoms with Crippen molar-refractivity contribution in [3.8, 4) is 0 Å². The molecule has 2 N–H and O–H groups in total. The van der Waals surface area contributed by atoms with Gasteiger partial charge in [-0.15, -0.1) is 11.3 Å². The molecule has 2 aromatic rings. The summed E-state index contributed by atoms with van der Waals surface area (Å²) in [4.78, 5) is 33.6. The fourth-order valence-electron chi connectivity index (χ4n) is 2.98. The number of hydrogen-bond donors (Lipinski definition) is 2. The number of thiophene rings is 1. The SMILES string of the molecule is CN1CCN(c2ccc(CNC(=O)CCCNC(=O)c3cccs3)cn2)CC1. The first-order valence-electron chi connectivity index (χ1n) is 9.58. The van der Waals surface area contributed by atoms with Crippen molar-refractivity contribution in [2.24, 2.45) is 0 Å². The average molecular weight is 402 g/mol. The normalized spacial score (nSPS) is 14.7. The minimum Gasteiger partial charge on any atom is -0.354 e. The van der Waals surface area contributed by atoms with Crippen LogP contribution in [0.3, 0.4) is 0 Å². The van der Waals surface area contributed by atoms with Gasteiger partial charge in [-0.05, 0) is 36.5 Å². The van der Waals surface area contributed by atoms with E-state index < -0.39 is 0 Å². The number of carbonyl (C=O) groups excluding carboxylic acids is 2. The molecule has 2 aromatic heterocycles.